The zero-order chi connectivity index (χ0) is 17.2. The van der Waals surface area contributed by atoms with Gasteiger partial charge in [-0.05, 0) is 30.5 Å². The van der Waals surface area contributed by atoms with Crippen molar-refractivity contribution in [3.05, 3.63) is 41.7 Å². The van der Waals surface area contributed by atoms with Crippen molar-refractivity contribution >= 4 is 34.5 Å². The molecule has 0 heterocycles. The Kier molecular flexibility index (Phi) is 5.66. The number of halogens is 5. The quantitative estimate of drug-likeness (QED) is 0.317. The van der Waals surface area contributed by atoms with Crippen molar-refractivity contribution in [3.8, 4) is 0 Å². The molecule has 126 valence electrons. The van der Waals surface area contributed by atoms with Gasteiger partial charge in [-0.3, -0.25) is 8.32 Å². The standard InChI is InChI=1S/C15H15F4IN2O/c1-8-3-2-4-10(13(8)22-20)14(23)21-9-5-6-12(16)11(7-9)15(17,18)19/h2-3,5-8,10,13,22H,4H2,1H3,(H,21,23)/t8-,10+,13-/m0/s1. The maximum Gasteiger partial charge on any atom is 0.419 e. The molecule has 0 saturated heterocycles. The second kappa shape index (κ2) is 7.16. The van der Waals surface area contributed by atoms with Crippen molar-refractivity contribution in [2.45, 2.75) is 25.6 Å². The van der Waals surface area contributed by atoms with Gasteiger partial charge in [-0.25, -0.2) is 4.39 Å². The predicted molar refractivity (Wildman–Crippen MR) is 87.4 cm³/mol. The van der Waals surface area contributed by atoms with Crippen LogP contribution >= 0.6 is 22.9 Å². The molecule has 0 saturated carbocycles. The first-order chi connectivity index (χ1) is 10.7. The van der Waals surface area contributed by atoms with Gasteiger partial charge < -0.3 is 5.32 Å². The van der Waals surface area contributed by atoms with Crippen LogP contribution < -0.4 is 8.85 Å². The first kappa shape index (κ1) is 18.2. The van der Waals surface area contributed by atoms with Crippen molar-refractivity contribution in [2.75, 3.05) is 5.32 Å². The number of nitrogens with one attached hydrogen (secondary N) is 2. The van der Waals surface area contributed by atoms with Crippen LogP contribution in [-0.4, -0.2) is 11.9 Å². The van der Waals surface area contributed by atoms with Gasteiger partial charge in [0.25, 0.3) is 0 Å². The van der Waals surface area contributed by atoms with Crippen LogP contribution in [0.15, 0.2) is 30.4 Å². The van der Waals surface area contributed by atoms with E-state index in [9.17, 15) is 22.4 Å². The van der Waals surface area contributed by atoms with E-state index >= 15 is 0 Å². The number of hydrogen-bond donors (Lipinski definition) is 2. The van der Waals surface area contributed by atoms with Crippen LogP contribution in [0.1, 0.15) is 18.9 Å². The minimum Gasteiger partial charge on any atom is -0.326 e. The molecule has 2 N–H and O–H groups in total. The Morgan fingerprint density at radius 1 is 1.35 bits per heavy atom. The first-order valence-electron chi connectivity index (χ1n) is 6.94. The number of rotatable bonds is 3. The van der Waals surface area contributed by atoms with E-state index in [4.69, 9.17) is 0 Å². The van der Waals surface area contributed by atoms with Crippen LogP contribution in [0.5, 0.6) is 0 Å². The summed E-state index contributed by atoms with van der Waals surface area (Å²) in [6, 6.07) is 2.32. The summed E-state index contributed by atoms with van der Waals surface area (Å²) in [5.74, 6) is -2.05. The second-order valence-electron chi connectivity index (χ2n) is 5.45. The lowest BCUT2D eigenvalue weighted by Crippen LogP contribution is -2.43. The molecule has 1 aromatic carbocycles. The Morgan fingerprint density at radius 3 is 2.65 bits per heavy atom. The molecule has 0 fully saturated rings. The fraction of sp³-hybridized carbons (Fsp3) is 0.400. The fourth-order valence-corrected chi connectivity index (χ4v) is 3.57. The minimum absolute atomic E-state index is 0.0712. The minimum atomic E-state index is -4.81. The monoisotopic (exact) mass is 442 g/mol. The van der Waals surface area contributed by atoms with E-state index < -0.39 is 29.4 Å². The lowest BCUT2D eigenvalue weighted by molar-refractivity contribution is -0.140. The van der Waals surface area contributed by atoms with Crippen LogP contribution in [0.25, 0.3) is 0 Å². The van der Waals surface area contributed by atoms with Gasteiger partial charge >= 0.3 is 6.18 Å². The third-order valence-electron chi connectivity index (χ3n) is 3.83. The average Bonchev–Trinajstić information content (AvgIpc) is 2.47. The highest BCUT2D eigenvalue weighted by molar-refractivity contribution is 14.1. The number of allylic oxidation sites excluding steroid dienone is 1. The molecule has 2 rings (SSSR count). The highest BCUT2D eigenvalue weighted by Crippen LogP contribution is 2.33. The summed E-state index contributed by atoms with van der Waals surface area (Å²) in [5, 5.41) is 2.45. The van der Waals surface area contributed by atoms with Gasteiger partial charge in [0.2, 0.25) is 5.91 Å². The van der Waals surface area contributed by atoms with Gasteiger partial charge in [-0.15, -0.1) is 0 Å². The topological polar surface area (TPSA) is 41.1 Å². The summed E-state index contributed by atoms with van der Waals surface area (Å²) >= 11 is 1.96. The highest BCUT2D eigenvalue weighted by Gasteiger charge is 2.35. The number of alkyl halides is 3. The third kappa shape index (κ3) is 4.23. The maximum atomic E-state index is 13.3. The molecule has 0 unspecified atom stereocenters. The van der Waals surface area contributed by atoms with E-state index in [2.05, 4.69) is 8.85 Å². The Labute approximate surface area is 145 Å². The lowest BCUT2D eigenvalue weighted by atomic mass is 9.82. The lowest BCUT2D eigenvalue weighted by Gasteiger charge is -2.31. The van der Waals surface area contributed by atoms with E-state index in [-0.39, 0.29) is 17.6 Å². The zero-order valence-electron chi connectivity index (χ0n) is 12.1. The van der Waals surface area contributed by atoms with E-state index in [0.29, 0.717) is 18.6 Å². The molecule has 1 aliphatic rings. The van der Waals surface area contributed by atoms with Crippen molar-refractivity contribution in [2.24, 2.45) is 11.8 Å². The molecular formula is C15H15F4IN2O. The molecule has 3 nitrogen and oxygen atoms in total. The van der Waals surface area contributed by atoms with E-state index in [0.717, 1.165) is 6.07 Å². The van der Waals surface area contributed by atoms with E-state index in [1.54, 1.807) is 0 Å². The molecule has 1 amide bonds. The summed E-state index contributed by atoms with van der Waals surface area (Å²) in [6.45, 7) is 1.95. The summed E-state index contributed by atoms with van der Waals surface area (Å²) in [7, 11) is 0. The van der Waals surface area contributed by atoms with Gasteiger partial charge in [0.15, 0.2) is 0 Å². The van der Waals surface area contributed by atoms with Crippen LogP contribution in [-0.2, 0) is 11.0 Å². The highest BCUT2D eigenvalue weighted by atomic mass is 127. The number of carbonyl (C=O) groups is 1. The van der Waals surface area contributed by atoms with Crippen LogP contribution in [0, 0.1) is 17.7 Å². The summed E-state index contributed by atoms with van der Waals surface area (Å²) < 4.78 is 54.5. The van der Waals surface area contributed by atoms with Crippen molar-refractivity contribution in [3.63, 3.8) is 0 Å². The van der Waals surface area contributed by atoms with Crippen LogP contribution in [0.3, 0.4) is 0 Å². The third-order valence-corrected chi connectivity index (χ3v) is 4.55. The SMILES string of the molecule is C[C@H]1C=CC[C@@H](C(=O)Nc2ccc(F)c(C(F)(F)F)c2)[C@H]1NI. The Bertz CT molecular complexity index is 618. The summed E-state index contributed by atoms with van der Waals surface area (Å²) in [4.78, 5) is 12.4. The molecule has 0 spiro atoms. The smallest absolute Gasteiger partial charge is 0.326 e. The molecule has 0 bridgehead atoms. The van der Waals surface area contributed by atoms with Crippen molar-refractivity contribution < 1.29 is 22.4 Å². The van der Waals surface area contributed by atoms with Gasteiger partial charge in [-0.1, -0.05) is 19.1 Å². The van der Waals surface area contributed by atoms with Crippen molar-refractivity contribution in [1.29, 1.82) is 0 Å². The largest absolute Gasteiger partial charge is 0.419 e. The number of anilines is 1. The molecule has 3 atom stereocenters. The fourth-order valence-electron chi connectivity index (χ4n) is 2.57. The van der Waals surface area contributed by atoms with Gasteiger partial charge in [0.05, 0.1) is 11.5 Å². The summed E-state index contributed by atoms with van der Waals surface area (Å²) in [6.07, 6.45) is -0.450. The van der Waals surface area contributed by atoms with Crippen LogP contribution in [0.2, 0.25) is 0 Å². The number of amides is 1. The summed E-state index contributed by atoms with van der Waals surface area (Å²) in [5.41, 5.74) is -1.46. The molecular weight excluding hydrogens is 427 g/mol. The molecule has 0 aromatic heterocycles. The molecule has 8 heteroatoms. The number of hydrogen-bond acceptors (Lipinski definition) is 2. The molecule has 1 aliphatic carbocycles. The van der Waals surface area contributed by atoms with Gasteiger partial charge in [-0.2, -0.15) is 13.2 Å². The first-order valence-corrected chi connectivity index (χ1v) is 8.02. The molecule has 0 radical (unpaired) electrons. The number of benzene rings is 1. The van der Waals surface area contributed by atoms with E-state index in [1.807, 2.05) is 41.9 Å². The average molecular weight is 442 g/mol. The molecule has 23 heavy (non-hydrogen) atoms. The number of carbonyl (C=O) groups excluding carboxylic acids is 1. The normalized spacial score (nSPS) is 24.5. The molecule has 1 aromatic rings. The predicted octanol–water partition coefficient (Wildman–Crippen LogP) is 4.30. The van der Waals surface area contributed by atoms with Gasteiger partial charge in [0.1, 0.15) is 5.82 Å². The second-order valence-corrected chi connectivity index (χ2v) is 6.07. The Morgan fingerprint density at radius 2 is 2.04 bits per heavy atom. The maximum absolute atomic E-state index is 13.3. The van der Waals surface area contributed by atoms with Gasteiger partial charge in [0, 0.05) is 34.6 Å². The Balaban J connectivity index is 2.19. The molecule has 0 aliphatic heterocycles. The van der Waals surface area contributed by atoms with Crippen molar-refractivity contribution in [1.82, 2.24) is 3.53 Å². The Hall–Kier alpha value is -1.16. The van der Waals surface area contributed by atoms with Crippen LogP contribution in [0.4, 0.5) is 23.2 Å². The zero-order valence-corrected chi connectivity index (χ0v) is 14.3. The van der Waals surface area contributed by atoms with E-state index in [1.165, 1.54) is 0 Å².